The summed E-state index contributed by atoms with van der Waals surface area (Å²) in [6.45, 7) is 0. The van der Waals surface area contributed by atoms with Gasteiger partial charge >= 0.3 is 5.97 Å². The molecule has 0 aromatic heterocycles. The van der Waals surface area contributed by atoms with Crippen molar-refractivity contribution in [2.24, 2.45) is 0 Å². The van der Waals surface area contributed by atoms with Crippen molar-refractivity contribution < 1.29 is 14.3 Å². The zero-order valence-electron chi connectivity index (χ0n) is 9.84. The maximum atomic E-state index is 11.3. The zero-order chi connectivity index (χ0) is 12.1. The highest BCUT2D eigenvalue weighted by molar-refractivity contribution is 5.71. The van der Waals surface area contributed by atoms with Crippen LogP contribution in [0.2, 0.25) is 0 Å². The molecule has 0 saturated carbocycles. The van der Waals surface area contributed by atoms with Gasteiger partial charge in [0.1, 0.15) is 6.10 Å². The molecule has 3 heteroatoms. The van der Waals surface area contributed by atoms with E-state index in [0.717, 1.165) is 12.0 Å². The van der Waals surface area contributed by atoms with E-state index >= 15 is 0 Å². The molecule has 0 N–H and O–H groups in total. The fourth-order valence-corrected chi connectivity index (χ4v) is 1.87. The number of ether oxygens (including phenoxy) is 2. The van der Waals surface area contributed by atoms with Crippen molar-refractivity contribution in [1.29, 1.82) is 0 Å². The van der Waals surface area contributed by atoms with Crippen LogP contribution in [0.5, 0.6) is 0 Å². The summed E-state index contributed by atoms with van der Waals surface area (Å²) in [7, 11) is 1.63. The molecule has 0 amide bonds. The topological polar surface area (TPSA) is 35.5 Å². The van der Waals surface area contributed by atoms with Gasteiger partial charge in [0.25, 0.3) is 0 Å². The van der Waals surface area contributed by atoms with E-state index < -0.39 is 0 Å². The smallest absolute Gasteiger partial charge is 0.309 e. The molecule has 17 heavy (non-hydrogen) atoms. The molecule has 0 bridgehead atoms. The number of cyclic esters (lactones) is 1. The van der Waals surface area contributed by atoms with Gasteiger partial charge in [-0.25, -0.2) is 0 Å². The van der Waals surface area contributed by atoms with Gasteiger partial charge in [-0.1, -0.05) is 36.4 Å². The van der Waals surface area contributed by atoms with Crippen molar-refractivity contribution in [3.8, 4) is 0 Å². The molecule has 1 fully saturated rings. The first-order chi connectivity index (χ1) is 8.28. The standard InChI is InChI=1S/C14H16O3/c1-16-13-9-12(17-14(15)10-13)8-7-11-5-3-2-4-6-11/h2-8,12-13H,9-10H2,1H3/t12-,13-/m0/s1. The minimum Gasteiger partial charge on any atom is -0.458 e. The third-order valence-electron chi connectivity index (χ3n) is 2.81. The lowest BCUT2D eigenvalue weighted by atomic mass is 10.0. The molecule has 1 aliphatic heterocycles. The van der Waals surface area contributed by atoms with Gasteiger partial charge in [-0.15, -0.1) is 0 Å². The van der Waals surface area contributed by atoms with Crippen LogP contribution in [0.15, 0.2) is 36.4 Å². The summed E-state index contributed by atoms with van der Waals surface area (Å²) in [5.74, 6) is -0.189. The maximum Gasteiger partial charge on any atom is 0.309 e. The van der Waals surface area contributed by atoms with Crippen LogP contribution in [0.1, 0.15) is 18.4 Å². The van der Waals surface area contributed by atoms with Crippen LogP contribution in [-0.4, -0.2) is 25.3 Å². The Morgan fingerprint density at radius 3 is 2.82 bits per heavy atom. The highest BCUT2D eigenvalue weighted by atomic mass is 16.6. The largest absolute Gasteiger partial charge is 0.458 e. The first-order valence-electron chi connectivity index (χ1n) is 5.73. The molecule has 1 aromatic rings. The molecule has 1 saturated heterocycles. The number of carbonyl (C=O) groups is 1. The highest BCUT2D eigenvalue weighted by Gasteiger charge is 2.26. The molecule has 2 atom stereocenters. The Morgan fingerprint density at radius 1 is 1.35 bits per heavy atom. The summed E-state index contributed by atoms with van der Waals surface area (Å²) >= 11 is 0. The van der Waals surface area contributed by atoms with E-state index in [4.69, 9.17) is 9.47 Å². The second-order valence-corrected chi connectivity index (χ2v) is 4.10. The molecular formula is C14H16O3. The van der Waals surface area contributed by atoms with E-state index in [-0.39, 0.29) is 18.2 Å². The number of methoxy groups -OCH3 is 1. The van der Waals surface area contributed by atoms with Crippen LogP contribution >= 0.6 is 0 Å². The van der Waals surface area contributed by atoms with Gasteiger partial charge in [-0.2, -0.15) is 0 Å². The fraction of sp³-hybridized carbons (Fsp3) is 0.357. The van der Waals surface area contributed by atoms with Crippen LogP contribution in [0.25, 0.3) is 6.08 Å². The van der Waals surface area contributed by atoms with Crippen molar-refractivity contribution in [3.63, 3.8) is 0 Å². The Kier molecular flexibility index (Phi) is 3.94. The van der Waals surface area contributed by atoms with Crippen LogP contribution in [-0.2, 0) is 14.3 Å². The first kappa shape index (κ1) is 11.9. The fourth-order valence-electron chi connectivity index (χ4n) is 1.87. The van der Waals surface area contributed by atoms with Gasteiger partial charge in [0.05, 0.1) is 12.5 Å². The Hall–Kier alpha value is -1.61. The first-order valence-corrected chi connectivity index (χ1v) is 5.73. The van der Waals surface area contributed by atoms with E-state index in [9.17, 15) is 4.79 Å². The Labute approximate surface area is 101 Å². The van der Waals surface area contributed by atoms with Gasteiger partial charge in [0.15, 0.2) is 0 Å². The van der Waals surface area contributed by atoms with E-state index in [1.807, 2.05) is 42.5 Å². The van der Waals surface area contributed by atoms with Gasteiger partial charge in [-0.3, -0.25) is 4.79 Å². The number of benzene rings is 1. The summed E-state index contributed by atoms with van der Waals surface area (Å²) in [5, 5.41) is 0. The summed E-state index contributed by atoms with van der Waals surface area (Å²) < 4.78 is 10.4. The number of esters is 1. The van der Waals surface area contributed by atoms with E-state index in [2.05, 4.69) is 0 Å². The predicted octanol–water partition coefficient (Wildman–Crippen LogP) is 2.42. The SMILES string of the molecule is CO[C@@H]1CC(=O)O[C@@H](C=Cc2ccccc2)C1. The second kappa shape index (κ2) is 5.64. The van der Waals surface area contributed by atoms with Gasteiger partial charge in [0.2, 0.25) is 0 Å². The predicted molar refractivity (Wildman–Crippen MR) is 65.4 cm³/mol. The molecule has 0 spiro atoms. The third-order valence-corrected chi connectivity index (χ3v) is 2.81. The minimum absolute atomic E-state index is 0.0262. The van der Waals surface area contributed by atoms with Gasteiger partial charge < -0.3 is 9.47 Å². The second-order valence-electron chi connectivity index (χ2n) is 4.10. The highest BCUT2D eigenvalue weighted by Crippen LogP contribution is 2.19. The molecular weight excluding hydrogens is 216 g/mol. The number of carbonyl (C=O) groups excluding carboxylic acids is 1. The zero-order valence-corrected chi connectivity index (χ0v) is 9.84. The summed E-state index contributed by atoms with van der Waals surface area (Å²) in [4.78, 5) is 11.3. The maximum absolute atomic E-state index is 11.3. The van der Waals surface area contributed by atoms with Crippen LogP contribution in [0.3, 0.4) is 0 Å². The molecule has 0 unspecified atom stereocenters. The summed E-state index contributed by atoms with van der Waals surface area (Å²) in [6.07, 6.45) is 4.76. The van der Waals surface area contributed by atoms with Gasteiger partial charge in [-0.05, 0) is 11.6 Å². The van der Waals surface area contributed by atoms with E-state index in [1.165, 1.54) is 0 Å². The van der Waals surface area contributed by atoms with Crippen molar-refractivity contribution in [2.45, 2.75) is 25.0 Å². The van der Waals surface area contributed by atoms with Crippen LogP contribution in [0.4, 0.5) is 0 Å². The molecule has 3 nitrogen and oxygen atoms in total. The van der Waals surface area contributed by atoms with E-state index in [0.29, 0.717) is 6.42 Å². The molecule has 1 heterocycles. The normalized spacial score (nSPS) is 24.9. The van der Waals surface area contributed by atoms with Crippen molar-refractivity contribution in [3.05, 3.63) is 42.0 Å². The Balaban J connectivity index is 1.98. The molecule has 1 aliphatic rings. The quantitative estimate of drug-likeness (QED) is 0.751. The van der Waals surface area contributed by atoms with Crippen LogP contribution in [0, 0.1) is 0 Å². The van der Waals surface area contributed by atoms with Gasteiger partial charge in [0, 0.05) is 13.5 Å². The average molecular weight is 232 g/mol. The summed E-state index contributed by atoms with van der Waals surface area (Å²) in [5.41, 5.74) is 1.10. The number of hydrogen-bond acceptors (Lipinski definition) is 3. The Bertz CT molecular complexity index is 397. The Morgan fingerprint density at radius 2 is 2.12 bits per heavy atom. The van der Waals surface area contributed by atoms with Crippen molar-refractivity contribution in [1.82, 2.24) is 0 Å². The lowest BCUT2D eigenvalue weighted by molar-refractivity contribution is -0.157. The lowest BCUT2D eigenvalue weighted by Gasteiger charge is -2.25. The van der Waals surface area contributed by atoms with Crippen molar-refractivity contribution >= 4 is 12.0 Å². The molecule has 1 aromatic carbocycles. The molecule has 90 valence electrons. The third kappa shape index (κ3) is 3.43. The monoisotopic (exact) mass is 232 g/mol. The van der Waals surface area contributed by atoms with Crippen LogP contribution < -0.4 is 0 Å². The number of rotatable bonds is 3. The summed E-state index contributed by atoms with van der Waals surface area (Å²) in [6, 6.07) is 9.94. The number of hydrogen-bond donors (Lipinski definition) is 0. The van der Waals surface area contributed by atoms with E-state index in [1.54, 1.807) is 7.11 Å². The molecule has 0 aliphatic carbocycles. The molecule has 0 radical (unpaired) electrons. The lowest BCUT2D eigenvalue weighted by Crippen LogP contribution is -2.32. The molecule has 2 rings (SSSR count). The average Bonchev–Trinajstić information content (AvgIpc) is 2.37. The van der Waals surface area contributed by atoms with Crippen molar-refractivity contribution in [2.75, 3.05) is 7.11 Å². The minimum atomic E-state index is -0.189.